The van der Waals surface area contributed by atoms with Gasteiger partial charge in [-0.15, -0.1) is 0 Å². The summed E-state index contributed by atoms with van der Waals surface area (Å²) in [6.07, 6.45) is 4.42. The van der Waals surface area contributed by atoms with Crippen molar-refractivity contribution < 1.29 is 29.0 Å². The van der Waals surface area contributed by atoms with Crippen LogP contribution in [0.1, 0.15) is 76.1 Å². The summed E-state index contributed by atoms with van der Waals surface area (Å²) in [6.45, 7) is 8.51. The summed E-state index contributed by atoms with van der Waals surface area (Å²) >= 11 is 0. The van der Waals surface area contributed by atoms with Crippen molar-refractivity contribution >= 4 is 23.4 Å². The fraction of sp³-hybridized carbons (Fsp3) is 0.735. The van der Waals surface area contributed by atoms with Crippen molar-refractivity contribution in [3.05, 3.63) is 23.8 Å². The van der Waals surface area contributed by atoms with Gasteiger partial charge in [-0.3, -0.25) is 14.4 Å². The summed E-state index contributed by atoms with van der Waals surface area (Å²) in [4.78, 5) is 47.3. The third kappa shape index (κ3) is 13.7. The van der Waals surface area contributed by atoms with Crippen LogP contribution in [0.25, 0.3) is 0 Å². The van der Waals surface area contributed by atoms with Crippen LogP contribution < -0.4 is 10.1 Å². The first-order valence-electron chi connectivity index (χ1n) is 16.5. The Hall–Kier alpha value is -2.73. The normalized spacial score (nSPS) is 20.7. The van der Waals surface area contributed by atoms with Gasteiger partial charge < -0.3 is 39.5 Å². The number of carbonyl (C=O) groups is 3. The van der Waals surface area contributed by atoms with E-state index in [1.807, 2.05) is 60.9 Å². The topological polar surface area (TPSA) is 115 Å². The molecule has 2 N–H and O–H groups in total. The number of hydrogen-bond acceptors (Lipinski definition) is 8. The SMILES string of the molecule is C[C@@H]1CCCCO[C@H](CN(C)C(=O)CCCN(C)C)[C@@H](C)CN([C@@H](C)CO)C(=O)c2cc(NC(=O)CCCN(C)C)ccc2O1. The molecule has 256 valence electrons. The molecular weight excluding hydrogens is 574 g/mol. The molecule has 45 heavy (non-hydrogen) atoms. The van der Waals surface area contributed by atoms with Gasteiger partial charge in [-0.1, -0.05) is 6.92 Å². The zero-order valence-corrected chi connectivity index (χ0v) is 29.0. The van der Waals surface area contributed by atoms with Gasteiger partial charge in [0.1, 0.15) is 5.75 Å². The van der Waals surface area contributed by atoms with E-state index in [1.54, 1.807) is 28.0 Å². The van der Waals surface area contributed by atoms with Crippen molar-refractivity contribution in [1.29, 1.82) is 0 Å². The minimum absolute atomic E-state index is 0.0694. The monoisotopic (exact) mass is 633 g/mol. The van der Waals surface area contributed by atoms with Crippen molar-refractivity contribution in [2.75, 3.05) is 79.9 Å². The molecular formula is C34H59N5O6. The van der Waals surface area contributed by atoms with E-state index in [4.69, 9.17) is 9.47 Å². The Morgan fingerprint density at radius 3 is 2.36 bits per heavy atom. The summed E-state index contributed by atoms with van der Waals surface area (Å²) in [5, 5.41) is 13.1. The summed E-state index contributed by atoms with van der Waals surface area (Å²) in [6, 6.07) is 4.71. The molecule has 11 nitrogen and oxygen atoms in total. The van der Waals surface area contributed by atoms with E-state index < -0.39 is 6.04 Å². The molecule has 1 aromatic carbocycles. The maximum atomic E-state index is 14.3. The molecule has 0 bridgehead atoms. The van der Waals surface area contributed by atoms with Gasteiger partial charge in [0.25, 0.3) is 5.91 Å². The minimum Gasteiger partial charge on any atom is -0.490 e. The number of nitrogens with one attached hydrogen (secondary N) is 1. The van der Waals surface area contributed by atoms with Crippen LogP contribution in [0.2, 0.25) is 0 Å². The second kappa shape index (κ2) is 19.7. The Balaban J connectivity index is 2.34. The highest BCUT2D eigenvalue weighted by atomic mass is 16.5. The molecule has 0 fully saturated rings. The smallest absolute Gasteiger partial charge is 0.258 e. The molecule has 0 saturated carbocycles. The fourth-order valence-electron chi connectivity index (χ4n) is 5.35. The maximum Gasteiger partial charge on any atom is 0.258 e. The van der Waals surface area contributed by atoms with Crippen LogP contribution in [0.3, 0.4) is 0 Å². The molecule has 0 aromatic heterocycles. The number of benzene rings is 1. The van der Waals surface area contributed by atoms with Gasteiger partial charge in [-0.25, -0.2) is 0 Å². The molecule has 0 saturated heterocycles. The third-order valence-corrected chi connectivity index (χ3v) is 8.22. The first-order chi connectivity index (χ1) is 21.3. The highest BCUT2D eigenvalue weighted by Gasteiger charge is 2.31. The standard InChI is InChI=1S/C34H59N5O6/c1-25-22-39(26(2)24-40)34(43)29-21-28(35-32(41)14-11-18-36(4)5)16-17-30(29)45-27(3)13-9-10-20-44-31(25)23-38(8)33(42)15-12-19-37(6)7/h16-17,21,25-27,31,40H,9-15,18-20,22-24H2,1-8H3,(H,35,41)/t25-,26-,27+,31+/m0/s1. The first kappa shape index (κ1) is 38.5. The second-order valence-corrected chi connectivity index (χ2v) is 13.1. The van der Waals surface area contributed by atoms with Gasteiger partial charge in [0.2, 0.25) is 11.8 Å². The number of nitrogens with zero attached hydrogens (tertiary/aromatic N) is 4. The maximum absolute atomic E-state index is 14.3. The van der Waals surface area contributed by atoms with Gasteiger partial charge in [0.05, 0.1) is 30.4 Å². The molecule has 1 aliphatic heterocycles. The molecule has 0 unspecified atom stereocenters. The largest absolute Gasteiger partial charge is 0.490 e. The molecule has 3 amide bonds. The second-order valence-electron chi connectivity index (χ2n) is 13.1. The Morgan fingerprint density at radius 2 is 1.71 bits per heavy atom. The number of rotatable bonds is 13. The third-order valence-electron chi connectivity index (χ3n) is 8.22. The molecule has 1 aliphatic rings. The van der Waals surface area contributed by atoms with Crippen LogP contribution in [-0.4, -0.2) is 135 Å². The van der Waals surface area contributed by atoms with E-state index in [2.05, 4.69) is 10.2 Å². The molecule has 1 aromatic rings. The predicted octanol–water partition coefficient (Wildman–Crippen LogP) is 3.56. The Morgan fingerprint density at radius 1 is 1.04 bits per heavy atom. The average Bonchev–Trinajstić information content (AvgIpc) is 2.97. The Kier molecular flexibility index (Phi) is 16.8. The zero-order valence-electron chi connectivity index (χ0n) is 29.0. The lowest BCUT2D eigenvalue weighted by Gasteiger charge is -2.36. The molecule has 0 aliphatic carbocycles. The summed E-state index contributed by atoms with van der Waals surface area (Å²) in [5.74, 6) is -0.0215. The molecule has 1 heterocycles. The lowest BCUT2D eigenvalue weighted by Crippen LogP contribution is -2.48. The first-order valence-corrected chi connectivity index (χ1v) is 16.5. The van der Waals surface area contributed by atoms with E-state index in [0.717, 1.165) is 45.2 Å². The number of aliphatic hydroxyl groups excluding tert-OH is 1. The number of carbonyl (C=O) groups excluding carboxylic acids is 3. The number of likely N-dealkylation sites (N-methyl/N-ethyl adjacent to an activating group) is 1. The predicted molar refractivity (Wildman–Crippen MR) is 179 cm³/mol. The minimum atomic E-state index is -0.478. The van der Waals surface area contributed by atoms with Crippen LogP contribution >= 0.6 is 0 Å². The van der Waals surface area contributed by atoms with Gasteiger partial charge >= 0.3 is 0 Å². The van der Waals surface area contributed by atoms with E-state index in [-0.39, 0.29) is 42.5 Å². The van der Waals surface area contributed by atoms with Crippen molar-refractivity contribution in [2.45, 2.75) is 84.0 Å². The van der Waals surface area contributed by atoms with Crippen LogP contribution in [0.5, 0.6) is 5.75 Å². The average molecular weight is 634 g/mol. The Labute approximate surface area is 271 Å². The molecule has 11 heteroatoms. The van der Waals surface area contributed by atoms with Gasteiger partial charge in [-0.05, 0) is 105 Å². The number of aliphatic hydroxyl groups is 1. The van der Waals surface area contributed by atoms with E-state index in [0.29, 0.717) is 49.5 Å². The summed E-state index contributed by atoms with van der Waals surface area (Å²) in [5.41, 5.74) is 0.859. The fourth-order valence-corrected chi connectivity index (χ4v) is 5.35. The highest BCUT2D eigenvalue weighted by molar-refractivity contribution is 5.99. The number of ether oxygens (including phenoxy) is 2. The Bertz CT molecular complexity index is 1070. The quantitative estimate of drug-likeness (QED) is 0.339. The van der Waals surface area contributed by atoms with E-state index >= 15 is 0 Å². The van der Waals surface area contributed by atoms with Crippen LogP contribution in [0.15, 0.2) is 18.2 Å². The number of fused-ring (bicyclic) bond motifs is 1. The summed E-state index contributed by atoms with van der Waals surface area (Å²) < 4.78 is 12.7. The lowest BCUT2D eigenvalue weighted by atomic mass is 10.0. The van der Waals surface area contributed by atoms with Crippen molar-refractivity contribution in [3.63, 3.8) is 0 Å². The molecule has 4 atom stereocenters. The number of anilines is 1. The number of hydrogen-bond donors (Lipinski definition) is 2. The van der Waals surface area contributed by atoms with Crippen LogP contribution in [-0.2, 0) is 14.3 Å². The zero-order chi connectivity index (χ0) is 33.5. The van der Waals surface area contributed by atoms with Crippen LogP contribution in [0, 0.1) is 5.92 Å². The van der Waals surface area contributed by atoms with Gasteiger partial charge in [-0.2, -0.15) is 0 Å². The van der Waals surface area contributed by atoms with Crippen molar-refractivity contribution in [3.8, 4) is 5.75 Å². The number of amides is 3. The highest BCUT2D eigenvalue weighted by Crippen LogP contribution is 2.28. The van der Waals surface area contributed by atoms with Gasteiger partial charge in [0.15, 0.2) is 0 Å². The summed E-state index contributed by atoms with van der Waals surface area (Å²) in [7, 11) is 9.74. The van der Waals surface area contributed by atoms with Crippen molar-refractivity contribution in [1.82, 2.24) is 19.6 Å². The van der Waals surface area contributed by atoms with Gasteiger partial charge in [0, 0.05) is 51.2 Å². The van der Waals surface area contributed by atoms with E-state index in [1.165, 1.54) is 0 Å². The van der Waals surface area contributed by atoms with E-state index in [9.17, 15) is 19.5 Å². The molecule has 2 rings (SSSR count). The van der Waals surface area contributed by atoms with Crippen LogP contribution in [0.4, 0.5) is 5.69 Å². The lowest BCUT2D eigenvalue weighted by molar-refractivity contribution is -0.132. The molecule has 0 radical (unpaired) electrons. The van der Waals surface area contributed by atoms with Crippen molar-refractivity contribution in [2.24, 2.45) is 5.92 Å². The molecule has 0 spiro atoms.